The molecule has 0 aliphatic carbocycles. The quantitative estimate of drug-likeness (QED) is 0.653. The van der Waals surface area contributed by atoms with Crippen LogP contribution in [0.2, 0.25) is 0 Å². The first kappa shape index (κ1) is 13.0. The van der Waals surface area contributed by atoms with Gasteiger partial charge in [0, 0.05) is 5.54 Å². The molecule has 0 aromatic rings. The van der Waals surface area contributed by atoms with Gasteiger partial charge in [-0.2, -0.15) is 0 Å². The van der Waals surface area contributed by atoms with Crippen molar-refractivity contribution in [1.29, 1.82) is 0 Å². The van der Waals surface area contributed by atoms with Crippen LogP contribution in [0.1, 0.15) is 52.9 Å². The summed E-state index contributed by atoms with van der Waals surface area (Å²) in [5.74, 6) is 0. The largest absolute Gasteiger partial charge is 0.317 e. The topological polar surface area (TPSA) is 15.3 Å². The summed E-state index contributed by atoms with van der Waals surface area (Å²) in [5.41, 5.74) is 0.474. The Kier molecular flexibility index (Phi) is 5.62. The first-order chi connectivity index (χ1) is 7.17. The zero-order valence-corrected chi connectivity index (χ0v) is 10.8. The fourth-order valence-corrected chi connectivity index (χ4v) is 2.48. The lowest BCUT2D eigenvalue weighted by molar-refractivity contribution is 0.171. The van der Waals surface area contributed by atoms with Crippen molar-refractivity contribution >= 4 is 0 Å². The summed E-state index contributed by atoms with van der Waals surface area (Å²) in [6.45, 7) is 11.9. The molecule has 0 aromatic carbocycles. The van der Waals surface area contributed by atoms with Gasteiger partial charge in [-0.1, -0.05) is 13.3 Å². The van der Waals surface area contributed by atoms with Gasteiger partial charge in [0.1, 0.15) is 0 Å². The molecule has 1 rings (SSSR count). The molecule has 0 unspecified atom stereocenters. The monoisotopic (exact) mass is 212 g/mol. The minimum atomic E-state index is 0.474. The minimum absolute atomic E-state index is 0.474. The van der Waals surface area contributed by atoms with Crippen LogP contribution in [0.15, 0.2) is 0 Å². The molecule has 0 aromatic heterocycles. The lowest BCUT2D eigenvalue weighted by Crippen LogP contribution is -2.38. The zero-order valence-electron chi connectivity index (χ0n) is 10.8. The summed E-state index contributed by atoms with van der Waals surface area (Å²) >= 11 is 0. The Bertz CT molecular complexity index is 166. The van der Waals surface area contributed by atoms with E-state index in [2.05, 4.69) is 31.0 Å². The van der Waals surface area contributed by atoms with Gasteiger partial charge in [-0.05, 0) is 65.7 Å². The summed E-state index contributed by atoms with van der Waals surface area (Å²) in [5, 5.41) is 3.38. The highest BCUT2D eigenvalue weighted by Crippen LogP contribution is 2.28. The maximum atomic E-state index is 3.38. The molecule has 1 saturated heterocycles. The van der Waals surface area contributed by atoms with Gasteiger partial charge < -0.3 is 5.32 Å². The first-order valence-electron chi connectivity index (χ1n) is 6.62. The second-order valence-electron chi connectivity index (χ2n) is 5.32. The van der Waals surface area contributed by atoms with E-state index in [1.54, 1.807) is 0 Å². The number of likely N-dealkylation sites (tertiary alicyclic amines) is 1. The molecule has 0 bridgehead atoms. The average Bonchev–Trinajstić information content (AvgIpc) is 2.52. The van der Waals surface area contributed by atoms with Crippen molar-refractivity contribution in [3.05, 3.63) is 0 Å². The molecule has 0 saturated carbocycles. The van der Waals surface area contributed by atoms with Crippen LogP contribution in [0.25, 0.3) is 0 Å². The van der Waals surface area contributed by atoms with Crippen molar-refractivity contribution in [1.82, 2.24) is 10.2 Å². The molecular formula is C13H28N2. The minimum Gasteiger partial charge on any atom is -0.317 e. The molecule has 0 spiro atoms. The van der Waals surface area contributed by atoms with Gasteiger partial charge in [-0.3, -0.25) is 4.90 Å². The van der Waals surface area contributed by atoms with Gasteiger partial charge >= 0.3 is 0 Å². The van der Waals surface area contributed by atoms with Gasteiger partial charge in [0.05, 0.1) is 0 Å². The van der Waals surface area contributed by atoms with Crippen LogP contribution in [-0.4, -0.2) is 36.6 Å². The number of nitrogens with zero attached hydrogens (tertiary/aromatic N) is 1. The Labute approximate surface area is 95.4 Å². The zero-order chi connectivity index (χ0) is 11.1. The molecule has 2 heteroatoms. The third-order valence-electron chi connectivity index (χ3n) is 3.60. The van der Waals surface area contributed by atoms with Crippen molar-refractivity contribution in [3.63, 3.8) is 0 Å². The van der Waals surface area contributed by atoms with Gasteiger partial charge in [-0.25, -0.2) is 0 Å². The van der Waals surface area contributed by atoms with E-state index in [-0.39, 0.29) is 0 Å². The number of rotatable bonds is 7. The highest BCUT2D eigenvalue weighted by Gasteiger charge is 2.30. The van der Waals surface area contributed by atoms with Crippen LogP contribution in [0, 0.1) is 0 Å². The van der Waals surface area contributed by atoms with Crippen molar-refractivity contribution in [2.24, 2.45) is 0 Å². The number of hydrogen-bond donors (Lipinski definition) is 1. The van der Waals surface area contributed by atoms with E-state index in [9.17, 15) is 0 Å². The number of hydrogen-bond acceptors (Lipinski definition) is 2. The van der Waals surface area contributed by atoms with E-state index in [1.807, 2.05) is 0 Å². The van der Waals surface area contributed by atoms with Gasteiger partial charge in [-0.15, -0.1) is 0 Å². The molecule has 1 N–H and O–H groups in total. The summed E-state index contributed by atoms with van der Waals surface area (Å²) in [6.07, 6.45) is 6.85. The van der Waals surface area contributed by atoms with Crippen molar-refractivity contribution < 1.29 is 0 Å². The molecule has 15 heavy (non-hydrogen) atoms. The van der Waals surface area contributed by atoms with Crippen LogP contribution in [-0.2, 0) is 0 Å². The molecule has 1 heterocycles. The molecule has 0 radical (unpaired) electrons. The predicted octanol–water partition coefficient (Wildman–Crippen LogP) is 2.64. The van der Waals surface area contributed by atoms with E-state index < -0.39 is 0 Å². The van der Waals surface area contributed by atoms with Crippen LogP contribution < -0.4 is 5.32 Å². The Hall–Kier alpha value is -0.0800. The fraction of sp³-hybridized carbons (Fsp3) is 1.00. The fourth-order valence-electron chi connectivity index (χ4n) is 2.48. The Balaban J connectivity index is 2.00. The molecule has 1 fully saturated rings. The normalized spacial score (nSPS) is 21.0. The van der Waals surface area contributed by atoms with E-state index in [1.165, 1.54) is 51.7 Å². The van der Waals surface area contributed by atoms with Crippen LogP contribution in [0.4, 0.5) is 0 Å². The van der Waals surface area contributed by atoms with Crippen molar-refractivity contribution in [2.75, 3.05) is 26.2 Å². The SMILES string of the molecule is CCNCCCCCN1CCCC1(C)C. The highest BCUT2D eigenvalue weighted by molar-refractivity contribution is 4.87. The summed E-state index contributed by atoms with van der Waals surface area (Å²) in [7, 11) is 0. The van der Waals surface area contributed by atoms with Gasteiger partial charge in [0.15, 0.2) is 0 Å². The Morgan fingerprint density at radius 1 is 1.20 bits per heavy atom. The van der Waals surface area contributed by atoms with E-state index in [0.717, 1.165) is 6.54 Å². The van der Waals surface area contributed by atoms with E-state index in [4.69, 9.17) is 0 Å². The van der Waals surface area contributed by atoms with Crippen molar-refractivity contribution in [3.8, 4) is 0 Å². The average molecular weight is 212 g/mol. The maximum Gasteiger partial charge on any atom is 0.0153 e. The second kappa shape index (κ2) is 6.49. The molecule has 1 aliphatic rings. The Morgan fingerprint density at radius 3 is 2.60 bits per heavy atom. The standard InChI is InChI=1S/C13H28N2/c1-4-14-10-6-5-7-11-15-12-8-9-13(15,2)3/h14H,4-12H2,1-3H3. The van der Waals surface area contributed by atoms with E-state index >= 15 is 0 Å². The third kappa shape index (κ3) is 4.52. The number of unbranched alkanes of at least 4 members (excludes halogenated alkanes) is 2. The summed E-state index contributed by atoms with van der Waals surface area (Å²) in [6, 6.07) is 0. The second-order valence-corrected chi connectivity index (χ2v) is 5.32. The molecule has 0 amide bonds. The van der Waals surface area contributed by atoms with Crippen LogP contribution in [0.3, 0.4) is 0 Å². The molecular weight excluding hydrogens is 184 g/mol. The molecule has 90 valence electrons. The molecule has 2 nitrogen and oxygen atoms in total. The molecule has 1 aliphatic heterocycles. The Morgan fingerprint density at radius 2 is 2.00 bits per heavy atom. The lowest BCUT2D eigenvalue weighted by atomic mass is 10.0. The molecule has 0 atom stereocenters. The summed E-state index contributed by atoms with van der Waals surface area (Å²) < 4.78 is 0. The highest BCUT2D eigenvalue weighted by atomic mass is 15.2. The van der Waals surface area contributed by atoms with Crippen LogP contribution in [0.5, 0.6) is 0 Å². The van der Waals surface area contributed by atoms with Crippen LogP contribution >= 0.6 is 0 Å². The smallest absolute Gasteiger partial charge is 0.0153 e. The van der Waals surface area contributed by atoms with Gasteiger partial charge in [0.2, 0.25) is 0 Å². The third-order valence-corrected chi connectivity index (χ3v) is 3.60. The maximum absolute atomic E-state index is 3.38. The lowest BCUT2D eigenvalue weighted by Gasteiger charge is -2.31. The van der Waals surface area contributed by atoms with Gasteiger partial charge in [0.25, 0.3) is 0 Å². The van der Waals surface area contributed by atoms with E-state index in [0.29, 0.717) is 5.54 Å². The summed E-state index contributed by atoms with van der Waals surface area (Å²) in [4.78, 5) is 2.67. The predicted molar refractivity (Wildman–Crippen MR) is 67.3 cm³/mol. The van der Waals surface area contributed by atoms with Crippen molar-refractivity contribution in [2.45, 2.75) is 58.4 Å². The first-order valence-corrected chi connectivity index (χ1v) is 6.62. The number of nitrogens with one attached hydrogen (secondary N) is 1.